The molecule has 1 aliphatic rings. The first-order valence-electron chi connectivity index (χ1n) is 8.49. The van der Waals surface area contributed by atoms with E-state index in [-0.39, 0.29) is 12.1 Å². The number of piperazine rings is 1. The first-order chi connectivity index (χ1) is 11.0. The third-order valence-electron chi connectivity index (χ3n) is 3.77. The number of hydrogen-bond acceptors (Lipinski definition) is 3. The van der Waals surface area contributed by atoms with E-state index in [0.717, 1.165) is 38.4 Å². The van der Waals surface area contributed by atoms with E-state index in [1.807, 2.05) is 43.0 Å². The number of benzene rings is 1. The molecule has 1 aromatic carbocycles. The summed E-state index contributed by atoms with van der Waals surface area (Å²) in [5, 5.41) is 2.98. The number of anilines is 1. The molecule has 1 saturated heterocycles. The molecular formula is C18H29N3O2. The van der Waals surface area contributed by atoms with Crippen molar-refractivity contribution in [2.45, 2.75) is 33.8 Å². The lowest BCUT2D eigenvalue weighted by atomic mass is 10.2. The van der Waals surface area contributed by atoms with E-state index in [2.05, 4.69) is 24.1 Å². The van der Waals surface area contributed by atoms with Gasteiger partial charge in [0.15, 0.2) is 0 Å². The van der Waals surface area contributed by atoms with Gasteiger partial charge in [0, 0.05) is 32.7 Å². The van der Waals surface area contributed by atoms with Crippen LogP contribution >= 0.6 is 0 Å². The van der Waals surface area contributed by atoms with Crippen molar-refractivity contribution >= 4 is 11.7 Å². The predicted octanol–water partition coefficient (Wildman–Crippen LogP) is 3.28. The van der Waals surface area contributed by atoms with E-state index < -0.39 is 0 Å². The Morgan fingerprint density at radius 2 is 1.78 bits per heavy atom. The molecule has 1 fully saturated rings. The van der Waals surface area contributed by atoms with Gasteiger partial charge in [-0.05, 0) is 31.9 Å². The fraction of sp³-hybridized carbons (Fsp3) is 0.611. The van der Waals surface area contributed by atoms with E-state index >= 15 is 0 Å². The third kappa shape index (κ3) is 5.43. The molecular weight excluding hydrogens is 290 g/mol. The first-order valence-corrected chi connectivity index (χ1v) is 8.49. The minimum absolute atomic E-state index is 0.0472. The quantitative estimate of drug-likeness (QED) is 0.906. The highest BCUT2D eigenvalue weighted by Crippen LogP contribution is 2.25. The molecule has 0 unspecified atom stereocenters. The average Bonchev–Trinajstić information content (AvgIpc) is 2.49. The molecule has 5 heteroatoms. The Labute approximate surface area is 139 Å². The van der Waals surface area contributed by atoms with E-state index in [1.165, 1.54) is 0 Å². The van der Waals surface area contributed by atoms with Crippen molar-refractivity contribution in [3.8, 4) is 5.75 Å². The second-order valence-electron chi connectivity index (χ2n) is 6.77. The van der Waals surface area contributed by atoms with Crippen molar-refractivity contribution in [1.82, 2.24) is 9.80 Å². The van der Waals surface area contributed by atoms with E-state index in [9.17, 15) is 4.79 Å². The fourth-order valence-electron chi connectivity index (χ4n) is 2.77. The largest absolute Gasteiger partial charge is 0.489 e. The van der Waals surface area contributed by atoms with Crippen LogP contribution in [0.15, 0.2) is 24.3 Å². The molecule has 0 bridgehead atoms. The van der Waals surface area contributed by atoms with Crippen molar-refractivity contribution in [2.24, 2.45) is 5.92 Å². The van der Waals surface area contributed by atoms with Crippen LogP contribution in [0.1, 0.15) is 27.7 Å². The summed E-state index contributed by atoms with van der Waals surface area (Å²) in [7, 11) is 0. The molecule has 1 N–H and O–H groups in total. The van der Waals surface area contributed by atoms with Crippen LogP contribution in [-0.2, 0) is 0 Å². The standard InChI is InChI=1S/C18H29N3O2/c1-14(2)13-20-9-11-21(12-10-20)18(22)19-16-7-5-6-8-17(16)23-15(3)4/h5-8,14-15H,9-13H2,1-4H3,(H,19,22). The third-order valence-corrected chi connectivity index (χ3v) is 3.77. The normalized spacial score (nSPS) is 16.0. The Balaban J connectivity index is 1.91. The number of carbonyl (C=O) groups is 1. The summed E-state index contributed by atoms with van der Waals surface area (Å²) < 4.78 is 5.75. The van der Waals surface area contributed by atoms with Crippen LogP contribution in [0.5, 0.6) is 5.75 Å². The summed E-state index contributed by atoms with van der Waals surface area (Å²) in [6.07, 6.45) is 0.0765. The smallest absolute Gasteiger partial charge is 0.322 e. The molecule has 1 heterocycles. The first kappa shape index (κ1) is 17.6. The molecule has 0 radical (unpaired) electrons. The average molecular weight is 319 g/mol. The van der Waals surface area contributed by atoms with Crippen LogP contribution in [-0.4, -0.2) is 54.7 Å². The number of nitrogens with zero attached hydrogens (tertiary/aromatic N) is 2. The van der Waals surface area contributed by atoms with Gasteiger partial charge < -0.3 is 15.0 Å². The Hall–Kier alpha value is -1.75. The lowest BCUT2D eigenvalue weighted by molar-refractivity contribution is 0.138. The molecule has 5 nitrogen and oxygen atoms in total. The summed E-state index contributed by atoms with van der Waals surface area (Å²) in [5.74, 6) is 1.38. The summed E-state index contributed by atoms with van der Waals surface area (Å²) in [6, 6.07) is 7.54. The second kappa shape index (κ2) is 8.20. The molecule has 0 spiro atoms. The number of para-hydroxylation sites is 2. The SMILES string of the molecule is CC(C)CN1CCN(C(=O)Nc2ccccc2OC(C)C)CC1. The summed E-state index contributed by atoms with van der Waals surface area (Å²) in [4.78, 5) is 16.8. The van der Waals surface area contributed by atoms with Gasteiger partial charge in [-0.15, -0.1) is 0 Å². The van der Waals surface area contributed by atoms with Gasteiger partial charge in [0.1, 0.15) is 5.75 Å². The van der Waals surface area contributed by atoms with Gasteiger partial charge in [-0.1, -0.05) is 26.0 Å². The monoisotopic (exact) mass is 319 g/mol. The van der Waals surface area contributed by atoms with E-state index in [0.29, 0.717) is 11.7 Å². The Bertz CT molecular complexity index is 509. The number of nitrogens with one attached hydrogen (secondary N) is 1. The van der Waals surface area contributed by atoms with Crippen molar-refractivity contribution in [3.05, 3.63) is 24.3 Å². The molecule has 1 aromatic rings. The van der Waals surface area contributed by atoms with Gasteiger partial charge in [-0.25, -0.2) is 4.79 Å². The van der Waals surface area contributed by atoms with Gasteiger partial charge in [-0.3, -0.25) is 4.90 Å². The minimum atomic E-state index is -0.0472. The van der Waals surface area contributed by atoms with Gasteiger partial charge >= 0.3 is 6.03 Å². The van der Waals surface area contributed by atoms with Crippen molar-refractivity contribution in [3.63, 3.8) is 0 Å². The lowest BCUT2D eigenvalue weighted by Gasteiger charge is -2.35. The van der Waals surface area contributed by atoms with Gasteiger partial charge in [0.25, 0.3) is 0 Å². The summed E-state index contributed by atoms with van der Waals surface area (Å²) in [5.41, 5.74) is 0.732. The molecule has 23 heavy (non-hydrogen) atoms. The second-order valence-corrected chi connectivity index (χ2v) is 6.77. The van der Waals surface area contributed by atoms with E-state index in [1.54, 1.807) is 0 Å². The Morgan fingerprint density at radius 3 is 2.39 bits per heavy atom. The molecule has 0 saturated carbocycles. The Kier molecular flexibility index (Phi) is 6.28. The van der Waals surface area contributed by atoms with Crippen LogP contribution in [0, 0.1) is 5.92 Å². The van der Waals surface area contributed by atoms with Gasteiger partial charge in [-0.2, -0.15) is 0 Å². The maximum absolute atomic E-state index is 12.5. The van der Waals surface area contributed by atoms with Crippen molar-refractivity contribution in [2.75, 3.05) is 38.0 Å². The maximum Gasteiger partial charge on any atom is 0.322 e. The Morgan fingerprint density at radius 1 is 1.13 bits per heavy atom. The van der Waals surface area contributed by atoms with Crippen LogP contribution in [0.3, 0.4) is 0 Å². The zero-order valence-electron chi connectivity index (χ0n) is 14.7. The number of carbonyl (C=O) groups excluding carboxylic acids is 1. The highest BCUT2D eigenvalue weighted by atomic mass is 16.5. The van der Waals surface area contributed by atoms with Crippen LogP contribution in [0.25, 0.3) is 0 Å². The van der Waals surface area contributed by atoms with Gasteiger partial charge in [0.2, 0.25) is 0 Å². The summed E-state index contributed by atoms with van der Waals surface area (Å²) >= 11 is 0. The molecule has 0 atom stereocenters. The topological polar surface area (TPSA) is 44.8 Å². The molecule has 128 valence electrons. The summed E-state index contributed by atoms with van der Waals surface area (Å²) in [6.45, 7) is 12.9. The number of amides is 2. The lowest BCUT2D eigenvalue weighted by Crippen LogP contribution is -2.50. The molecule has 1 aliphatic heterocycles. The van der Waals surface area contributed by atoms with E-state index in [4.69, 9.17) is 4.74 Å². The fourth-order valence-corrected chi connectivity index (χ4v) is 2.77. The minimum Gasteiger partial charge on any atom is -0.489 e. The molecule has 2 rings (SSSR count). The zero-order chi connectivity index (χ0) is 16.8. The van der Waals surface area contributed by atoms with Crippen LogP contribution < -0.4 is 10.1 Å². The molecule has 2 amide bonds. The number of hydrogen-bond donors (Lipinski definition) is 1. The van der Waals surface area contributed by atoms with Crippen molar-refractivity contribution in [1.29, 1.82) is 0 Å². The highest BCUT2D eigenvalue weighted by Gasteiger charge is 2.22. The highest BCUT2D eigenvalue weighted by molar-refractivity contribution is 5.91. The zero-order valence-corrected chi connectivity index (χ0v) is 14.7. The number of ether oxygens (including phenoxy) is 1. The van der Waals surface area contributed by atoms with Crippen LogP contribution in [0.2, 0.25) is 0 Å². The maximum atomic E-state index is 12.5. The number of urea groups is 1. The van der Waals surface area contributed by atoms with Gasteiger partial charge in [0.05, 0.1) is 11.8 Å². The van der Waals surface area contributed by atoms with Crippen molar-refractivity contribution < 1.29 is 9.53 Å². The number of rotatable bonds is 5. The molecule has 0 aliphatic carbocycles. The molecule has 0 aromatic heterocycles. The predicted molar refractivity (Wildman–Crippen MR) is 94.1 cm³/mol. The van der Waals surface area contributed by atoms with Crippen LogP contribution in [0.4, 0.5) is 10.5 Å².